The van der Waals surface area contributed by atoms with E-state index in [2.05, 4.69) is 22.4 Å². The van der Waals surface area contributed by atoms with Crippen LogP contribution in [0.4, 0.5) is 0 Å². The summed E-state index contributed by atoms with van der Waals surface area (Å²) in [6.45, 7) is 3.93. The van der Waals surface area contributed by atoms with E-state index >= 15 is 0 Å². The average molecular weight is 347 g/mol. The minimum atomic E-state index is -0.441. The quantitative estimate of drug-likeness (QED) is 0.770. The second kappa shape index (κ2) is 8.89. The average Bonchev–Trinajstić information content (AvgIpc) is 2.99. The van der Waals surface area contributed by atoms with Crippen molar-refractivity contribution in [2.45, 2.75) is 30.9 Å². The highest BCUT2D eigenvalue weighted by atomic mass is 32.2. The van der Waals surface area contributed by atoms with Crippen LogP contribution in [0.2, 0.25) is 0 Å². The summed E-state index contributed by atoms with van der Waals surface area (Å²) in [5.41, 5.74) is 1.99. The fraction of sp³-hybridized carbons (Fsp3) is 0.444. The van der Waals surface area contributed by atoms with Crippen LogP contribution in [-0.2, 0) is 17.6 Å². The zero-order valence-electron chi connectivity index (χ0n) is 14.3. The third kappa shape index (κ3) is 4.85. The van der Waals surface area contributed by atoms with Crippen molar-refractivity contribution in [3.8, 4) is 0 Å². The summed E-state index contributed by atoms with van der Waals surface area (Å²) in [7, 11) is 1.85. The van der Waals surface area contributed by atoms with Crippen LogP contribution in [0, 0.1) is 5.92 Å². The summed E-state index contributed by atoms with van der Waals surface area (Å²) in [5, 5.41) is 12.4. The molecule has 0 radical (unpaired) electrons. The molecule has 0 aliphatic heterocycles. The van der Waals surface area contributed by atoms with Crippen molar-refractivity contribution >= 4 is 17.7 Å². The summed E-state index contributed by atoms with van der Waals surface area (Å²) in [4.78, 5) is 16.8. The maximum atomic E-state index is 12.7. The molecule has 0 aliphatic carbocycles. The number of hydrogen-bond donors (Lipinski definition) is 2. The Morgan fingerprint density at radius 1 is 1.33 bits per heavy atom. The first-order valence-electron chi connectivity index (χ1n) is 8.06. The van der Waals surface area contributed by atoms with Gasteiger partial charge in [-0.3, -0.25) is 4.79 Å². The molecule has 2 unspecified atom stereocenters. The van der Waals surface area contributed by atoms with Crippen LogP contribution >= 0.6 is 11.8 Å². The molecular formula is C18H25N3O2S. The molecule has 2 rings (SSSR count). The summed E-state index contributed by atoms with van der Waals surface area (Å²) < 4.78 is 1.81. The van der Waals surface area contributed by atoms with Crippen molar-refractivity contribution in [2.75, 3.05) is 6.61 Å². The van der Waals surface area contributed by atoms with Gasteiger partial charge in [0.1, 0.15) is 0 Å². The monoisotopic (exact) mass is 347 g/mol. The van der Waals surface area contributed by atoms with E-state index < -0.39 is 6.04 Å². The highest BCUT2D eigenvalue weighted by molar-refractivity contribution is 7.99. The van der Waals surface area contributed by atoms with Crippen molar-refractivity contribution in [3.63, 3.8) is 0 Å². The molecule has 0 spiro atoms. The SMILES string of the molecule is CC(C)C(SCc1ccccc1)C(=O)NC(CO)c1cncn1C. The van der Waals surface area contributed by atoms with Crippen molar-refractivity contribution < 1.29 is 9.90 Å². The number of rotatable bonds is 8. The predicted molar refractivity (Wildman–Crippen MR) is 97.5 cm³/mol. The third-order valence-corrected chi connectivity index (χ3v) is 5.46. The normalized spacial score (nSPS) is 13.7. The number of imidazole rings is 1. The lowest BCUT2D eigenvalue weighted by Gasteiger charge is -2.23. The number of thioether (sulfide) groups is 1. The van der Waals surface area contributed by atoms with Crippen LogP contribution < -0.4 is 5.32 Å². The molecule has 0 saturated carbocycles. The number of aliphatic hydroxyl groups is 1. The Balaban J connectivity index is 2.01. The molecular weight excluding hydrogens is 322 g/mol. The van der Waals surface area contributed by atoms with Crippen LogP contribution in [0.1, 0.15) is 31.1 Å². The van der Waals surface area contributed by atoms with Crippen LogP contribution in [0.3, 0.4) is 0 Å². The molecule has 0 fully saturated rings. The number of hydrogen-bond acceptors (Lipinski definition) is 4. The molecule has 0 saturated heterocycles. The van der Waals surface area contributed by atoms with E-state index in [0.29, 0.717) is 0 Å². The van der Waals surface area contributed by atoms with Gasteiger partial charge in [0.15, 0.2) is 0 Å². The van der Waals surface area contributed by atoms with Crippen molar-refractivity contribution in [1.29, 1.82) is 0 Å². The van der Waals surface area contributed by atoms with Crippen molar-refractivity contribution in [1.82, 2.24) is 14.9 Å². The predicted octanol–water partition coefficient (Wildman–Crippen LogP) is 2.53. The van der Waals surface area contributed by atoms with Crippen LogP contribution in [0.25, 0.3) is 0 Å². The van der Waals surface area contributed by atoms with E-state index in [1.807, 2.05) is 43.7 Å². The fourth-order valence-corrected chi connectivity index (χ4v) is 3.67. The van der Waals surface area contributed by atoms with Gasteiger partial charge < -0.3 is 15.0 Å². The van der Waals surface area contributed by atoms with Gasteiger partial charge in [-0.05, 0) is 11.5 Å². The Morgan fingerprint density at radius 2 is 2.04 bits per heavy atom. The number of nitrogens with one attached hydrogen (secondary N) is 1. The van der Waals surface area contributed by atoms with Gasteiger partial charge in [-0.1, -0.05) is 44.2 Å². The lowest BCUT2D eigenvalue weighted by atomic mass is 10.1. The summed E-state index contributed by atoms with van der Waals surface area (Å²) >= 11 is 1.63. The largest absolute Gasteiger partial charge is 0.394 e. The Hall–Kier alpha value is -1.79. The summed E-state index contributed by atoms with van der Waals surface area (Å²) in [6.07, 6.45) is 3.33. The number of aromatic nitrogens is 2. The third-order valence-electron chi connectivity index (χ3n) is 3.85. The Labute approximate surface area is 147 Å². The second-order valence-corrected chi connectivity index (χ2v) is 7.26. The maximum Gasteiger partial charge on any atom is 0.234 e. The molecule has 5 nitrogen and oxygen atoms in total. The van der Waals surface area contributed by atoms with Crippen LogP contribution in [0.5, 0.6) is 0 Å². The highest BCUT2D eigenvalue weighted by Gasteiger charge is 2.26. The van der Waals surface area contributed by atoms with E-state index in [-0.39, 0.29) is 23.7 Å². The number of nitrogens with zero attached hydrogens (tertiary/aromatic N) is 2. The van der Waals surface area contributed by atoms with Gasteiger partial charge in [0, 0.05) is 12.8 Å². The molecule has 1 aromatic heterocycles. The van der Waals surface area contributed by atoms with E-state index in [1.165, 1.54) is 5.56 Å². The first-order valence-corrected chi connectivity index (χ1v) is 9.10. The lowest BCUT2D eigenvalue weighted by Crippen LogP contribution is -2.40. The Kier molecular flexibility index (Phi) is 6.87. The molecule has 1 aromatic carbocycles. The maximum absolute atomic E-state index is 12.7. The number of amides is 1. The summed E-state index contributed by atoms with van der Waals surface area (Å²) in [5.74, 6) is 0.933. The van der Waals surface area contributed by atoms with Gasteiger partial charge in [0.2, 0.25) is 5.91 Å². The Bertz CT molecular complexity index is 643. The smallest absolute Gasteiger partial charge is 0.234 e. The van der Waals surface area contributed by atoms with Crippen LogP contribution in [0.15, 0.2) is 42.9 Å². The number of aryl methyl sites for hydroxylation is 1. The van der Waals surface area contributed by atoms with Gasteiger partial charge in [0.25, 0.3) is 0 Å². The molecule has 0 aliphatic rings. The minimum Gasteiger partial charge on any atom is -0.394 e. The molecule has 6 heteroatoms. The molecule has 2 N–H and O–H groups in total. The molecule has 1 heterocycles. The number of carbonyl (C=O) groups excluding carboxylic acids is 1. The van der Waals surface area contributed by atoms with Gasteiger partial charge in [-0.2, -0.15) is 0 Å². The highest BCUT2D eigenvalue weighted by Crippen LogP contribution is 2.25. The van der Waals surface area contributed by atoms with E-state index in [4.69, 9.17) is 0 Å². The van der Waals surface area contributed by atoms with Crippen molar-refractivity contribution in [3.05, 3.63) is 54.1 Å². The molecule has 2 atom stereocenters. The van der Waals surface area contributed by atoms with Gasteiger partial charge in [0.05, 0.1) is 36.1 Å². The molecule has 0 bridgehead atoms. The first-order chi connectivity index (χ1) is 11.5. The molecule has 24 heavy (non-hydrogen) atoms. The van der Waals surface area contributed by atoms with E-state index in [9.17, 15) is 9.90 Å². The Morgan fingerprint density at radius 3 is 2.58 bits per heavy atom. The van der Waals surface area contributed by atoms with E-state index in [0.717, 1.165) is 11.4 Å². The lowest BCUT2D eigenvalue weighted by molar-refractivity contribution is -0.122. The zero-order chi connectivity index (χ0) is 17.5. The first kappa shape index (κ1) is 18.5. The summed E-state index contributed by atoms with van der Waals surface area (Å²) in [6, 6.07) is 9.68. The minimum absolute atomic E-state index is 0.0498. The van der Waals surface area contributed by atoms with Gasteiger partial charge >= 0.3 is 0 Å². The standard InChI is InChI=1S/C18H25N3O2S/c1-13(2)17(24-11-14-7-5-4-6-8-14)18(23)20-15(10-22)16-9-19-12-21(16)3/h4-9,12-13,15,17,22H,10-11H2,1-3H3,(H,20,23). The van der Waals surface area contributed by atoms with Crippen molar-refractivity contribution in [2.24, 2.45) is 13.0 Å². The number of benzene rings is 1. The fourth-order valence-electron chi connectivity index (χ4n) is 2.50. The van der Waals surface area contributed by atoms with E-state index in [1.54, 1.807) is 24.3 Å². The topological polar surface area (TPSA) is 67.2 Å². The molecule has 130 valence electrons. The molecule has 1 amide bonds. The van der Waals surface area contributed by atoms with Crippen LogP contribution in [-0.4, -0.2) is 32.4 Å². The second-order valence-electron chi connectivity index (χ2n) is 6.13. The molecule has 2 aromatic rings. The number of carbonyl (C=O) groups is 1. The number of aliphatic hydroxyl groups excluding tert-OH is 1. The zero-order valence-corrected chi connectivity index (χ0v) is 15.2. The van der Waals surface area contributed by atoms with Gasteiger partial charge in [-0.15, -0.1) is 11.8 Å². The van der Waals surface area contributed by atoms with Gasteiger partial charge in [-0.25, -0.2) is 4.98 Å².